The topological polar surface area (TPSA) is 44.8 Å². The molecule has 2 aromatic rings. The lowest BCUT2D eigenvalue weighted by Crippen LogP contribution is -2.18. The van der Waals surface area contributed by atoms with E-state index >= 15 is 0 Å². The maximum Gasteiger partial charge on any atom is 0.341 e. The molecule has 0 aliphatic rings. The third-order valence-electron chi connectivity index (χ3n) is 2.95. The van der Waals surface area contributed by atoms with Gasteiger partial charge < -0.3 is 14.2 Å². The molecule has 4 heteroatoms. The van der Waals surface area contributed by atoms with E-state index in [-0.39, 0.29) is 0 Å². The van der Waals surface area contributed by atoms with Gasteiger partial charge >= 0.3 is 5.97 Å². The average molecular weight is 274 g/mol. The quantitative estimate of drug-likeness (QED) is 0.619. The summed E-state index contributed by atoms with van der Waals surface area (Å²) in [7, 11) is 1.35. The van der Waals surface area contributed by atoms with Crippen LogP contribution >= 0.6 is 0 Å². The van der Waals surface area contributed by atoms with E-state index in [1.807, 2.05) is 37.3 Å². The predicted octanol–water partition coefficient (Wildman–Crippen LogP) is 3.39. The highest BCUT2D eigenvalue weighted by Gasteiger charge is 2.16. The van der Waals surface area contributed by atoms with Gasteiger partial charge in [-0.15, -0.1) is 0 Å². The molecule has 0 radical (unpaired) electrons. The molecule has 0 N–H and O–H groups in total. The Morgan fingerprint density at radius 1 is 1.20 bits per heavy atom. The van der Waals surface area contributed by atoms with E-state index in [2.05, 4.69) is 0 Å². The first-order chi connectivity index (χ1) is 9.65. The van der Waals surface area contributed by atoms with Crippen molar-refractivity contribution in [2.24, 2.45) is 0 Å². The fourth-order valence-electron chi connectivity index (χ4n) is 2.03. The lowest BCUT2D eigenvalue weighted by Gasteiger charge is -2.17. The third kappa shape index (κ3) is 3.08. The van der Waals surface area contributed by atoms with Crippen molar-refractivity contribution in [1.29, 1.82) is 0 Å². The second-order valence-corrected chi connectivity index (χ2v) is 4.33. The molecule has 0 bridgehead atoms. The number of methoxy groups -OCH3 is 1. The van der Waals surface area contributed by atoms with E-state index in [4.69, 9.17) is 14.2 Å². The summed E-state index contributed by atoms with van der Waals surface area (Å²) in [6.45, 7) is 4.23. The molecule has 20 heavy (non-hydrogen) atoms. The van der Waals surface area contributed by atoms with Crippen molar-refractivity contribution in [3.8, 4) is 5.75 Å². The molecule has 0 spiro atoms. The molecule has 106 valence electrons. The van der Waals surface area contributed by atoms with Gasteiger partial charge in [0.25, 0.3) is 0 Å². The molecular weight excluding hydrogens is 256 g/mol. The van der Waals surface area contributed by atoms with Crippen LogP contribution < -0.4 is 4.74 Å². The second kappa shape index (κ2) is 6.39. The smallest absolute Gasteiger partial charge is 0.341 e. The lowest BCUT2D eigenvalue weighted by molar-refractivity contribution is -0.0616. The number of hydrogen-bond acceptors (Lipinski definition) is 4. The number of carbonyl (C=O) groups excluding carboxylic acids is 1. The van der Waals surface area contributed by atoms with Crippen LogP contribution in [0.1, 0.15) is 24.2 Å². The normalized spacial score (nSPS) is 12.2. The van der Waals surface area contributed by atoms with E-state index in [1.165, 1.54) is 7.11 Å². The van der Waals surface area contributed by atoms with E-state index in [9.17, 15) is 4.79 Å². The van der Waals surface area contributed by atoms with Gasteiger partial charge in [-0.3, -0.25) is 0 Å². The van der Waals surface area contributed by atoms with Crippen LogP contribution in [0.25, 0.3) is 10.8 Å². The molecule has 2 aromatic carbocycles. The summed E-state index contributed by atoms with van der Waals surface area (Å²) >= 11 is 0. The van der Waals surface area contributed by atoms with Crippen LogP contribution in [0.5, 0.6) is 5.75 Å². The minimum Gasteiger partial charge on any atom is -0.465 e. The van der Waals surface area contributed by atoms with Gasteiger partial charge in [0.05, 0.1) is 7.11 Å². The molecule has 0 saturated heterocycles. The Morgan fingerprint density at radius 3 is 2.45 bits per heavy atom. The zero-order valence-electron chi connectivity index (χ0n) is 11.9. The largest absolute Gasteiger partial charge is 0.465 e. The SMILES string of the molecule is CCOC(C)Oc1cc2ccccc2cc1C(=O)OC. The van der Waals surface area contributed by atoms with Crippen molar-refractivity contribution in [2.45, 2.75) is 20.1 Å². The zero-order chi connectivity index (χ0) is 14.5. The summed E-state index contributed by atoms with van der Waals surface area (Å²) in [5, 5.41) is 1.96. The first kappa shape index (κ1) is 14.3. The molecule has 0 saturated carbocycles. The van der Waals surface area contributed by atoms with Crippen LogP contribution in [-0.2, 0) is 9.47 Å². The van der Waals surface area contributed by atoms with Crippen LogP contribution in [0, 0.1) is 0 Å². The number of esters is 1. The van der Waals surface area contributed by atoms with Crippen molar-refractivity contribution >= 4 is 16.7 Å². The maximum atomic E-state index is 11.9. The van der Waals surface area contributed by atoms with Crippen LogP contribution in [0.4, 0.5) is 0 Å². The number of carbonyl (C=O) groups is 1. The number of hydrogen-bond donors (Lipinski definition) is 0. The van der Waals surface area contributed by atoms with Crippen molar-refractivity contribution in [1.82, 2.24) is 0 Å². The third-order valence-corrected chi connectivity index (χ3v) is 2.95. The summed E-state index contributed by atoms with van der Waals surface area (Å²) < 4.78 is 15.9. The molecule has 2 rings (SSSR count). The second-order valence-electron chi connectivity index (χ2n) is 4.33. The highest BCUT2D eigenvalue weighted by atomic mass is 16.7. The highest BCUT2D eigenvalue weighted by Crippen LogP contribution is 2.27. The predicted molar refractivity (Wildman–Crippen MR) is 77.0 cm³/mol. The molecule has 1 atom stereocenters. The van der Waals surface area contributed by atoms with Crippen molar-refractivity contribution < 1.29 is 19.0 Å². The summed E-state index contributed by atoms with van der Waals surface area (Å²) in [5.41, 5.74) is 0.401. The molecule has 0 aliphatic carbocycles. The molecule has 1 unspecified atom stereocenters. The molecule has 0 amide bonds. The Bertz CT molecular complexity index is 606. The van der Waals surface area contributed by atoms with Gasteiger partial charge in [0.2, 0.25) is 0 Å². The summed E-state index contributed by atoms with van der Waals surface area (Å²) in [6.07, 6.45) is -0.426. The Kier molecular flexibility index (Phi) is 4.58. The fourth-order valence-corrected chi connectivity index (χ4v) is 2.03. The minimum atomic E-state index is -0.426. The van der Waals surface area contributed by atoms with Gasteiger partial charge in [-0.2, -0.15) is 0 Å². The van der Waals surface area contributed by atoms with Gasteiger partial charge in [0, 0.05) is 6.61 Å². The zero-order valence-corrected chi connectivity index (χ0v) is 11.9. The van der Waals surface area contributed by atoms with Crippen LogP contribution in [0.2, 0.25) is 0 Å². The minimum absolute atomic E-state index is 0.401. The van der Waals surface area contributed by atoms with E-state index in [0.29, 0.717) is 17.9 Å². The van der Waals surface area contributed by atoms with Crippen LogP contribution in [0.3, 0.4) is 0 Å². The first-order valence-corrected chi connectivity index (χ1v) is 6.55. The summed E-state index contributed by atoms with van der Waals surface area (Å²) in [4.78, 5) is 11.9. The molecular formula is C16H18O4. The van der Waals surface area contributed by atoms with Crippen molar-refractivity contribution in [3.05, 3.63) is 42.0 Å². The maximum absolute atomic E-state index is 11.9. The van der Waals surface area contributed by atoms with Crippen LogP contribution in [0.15, 0.2) is 36.4 Å². The highest BCUT2D eigenvalue weighted by molar-refractivity contribution is 5.98. The van der Waals surface area contributed by atoms with E-state index in [0.717, 1.165) is 10.8 Å². The average Bonchev–Trinajstić information content (AvgIpc) is 2.46. The summed E-state index contributed by atoms with van der Waals surface area (Å²) in [6, 6.07) is 11.4. The van der Waals surface area contributed by atoms with Gasteiger partial charge in [-0.05, 0) is 36.8 Å². The Balaban J connectivity index is 2.45. The Morgan fingerprint density at radius 2 is 1.85 bits per heavy atom. The monoisotopic (exact) mass is 274 g/mol. The van der Waals surface area contributed by atoms with Gasteiger partial charge in [0.1, 0.15) is 11.3 Å². The number of benzene rings is 2. The Hall–Kier alpha value is -2.07. The fraction of sp³-hybridized carbons (Fsp3) is 0.312. The molecule has 0 fully saturated rings. The first-order valence-electron chi connectivity index (χ1n) is 6.55. The Labute approximate surface area is 118 Å². The summed E-state index contributed by atoms with van der Waals surface area (Å²) in [5.74, 6) is 0.0472. The van der Waals surface area contributed by atoms with Crippen molar-refractivity contribution in [2.75, 3.05) is 13.7 Å². The molecule has 0 aliphatic heterocycles. The van der Waals surface area contributed by atoms with Gasteiger partial charge in [0.15, 0.2) is 6.29 Å². The van der Waals surface area contributed by atoms with E-state index in [1.54, 1.807) is 13.0 Å². The van der Waals surface area contributed by atoms with Gasteiger partial charge in [-0.25, -0.2) is 4.79 Å². The molecule has 0 heterocycles. The van der Waals surface area contributed by atoms with Gasteiger partial charge in [-0.1, -0.05) is 24.3 Å². The van der Waals surface area contributed by atoms with E-state index < -0.39 is 12.3 Å². The number of rotatable bonds is 5. The number of fused-ring (bicyclic) bond motifs is 1. The molecule has 4 nitrogen and oxygen atoms in total. The standard InChI is InChI=1S/C16H18O4/c1-4-19-11(2)20-15-10-13-8-6-5-7-12(13)9-14(15)16(17)18-3/h5-11H,4H2,1-3H3. The van der Waals surface area contributed by atoms with Crippen LogP contribution in [-0.4, -0.2) is 26.0 Å². The molecule has 0 aromatic heterocycles. The number of ether oxygens (including phenoxy) is 3. The lowest BCUT2D eigenvalue weighted by atomic mass is 10.1. The van der Waals surface area contributed by atoms with Crippen molar-refractivity contribution in [3.63, 3.8) is 0 Å².